The van der Waals surface area contributed by atoms with Crippen LogP contribution in [0.15, 0.2) is 24.4 Å². The molecule has 0 aliphatic carbocycles. The molecule has 1 N–H and O–H groups in total. The molecule has 0 saturated carbocycles. The fourth-order valence-corrected chi connectivity index (χ4v) is 2.47. The Hall–Kier alpha value is -2.22. The number of halogens is 3. The van der Waals surface area contributed by atoms with Crippen LogP contribution < -0.4 is 14.8 Å². The molecule has 2 heterocycles. The smallest absolute Gasteiger partial charge is 0.435 e. The van der Waals surface area contributed by atoms with E-state index in [9.17, 15) is 13.2 Å². The first-order valence-electron chi connectivity index (χ1n) is 7.07. The van der Waals surface area contributed by atoms with Gasteiger partial charge in [0.2, 0.25) is 6.79 Å². The van der Waals surface area contributed by atoms with Gasteiger partial charge in [-0.25, -0.2) is 0 Å². The van der Waals surface area contributed by atoms with Crippen molar-refractivity contribution in [2.75, 3.05) is 6.79 Å². The van der Waals surface area contributed by atoms with Gasteiger partial charge >= 0.3 is 6.18 Å². The van der Waals surface area contributed by atoms with E-state index in [1.54, 1.807) is 6.07 Å². The monoisotopic (exact) mass is 327 g/mol. The van der Waals surface area contributed by atoms with E-state index in [1.807, 2.05) is 19.1 Å². The molecular weight excluding hydrogens is 311 g/mol. The molecule has 8 heteroatoms. The summed E-state index contributed by atoms with van der Waals surface area (Å²) >= 11 is 0. The van der Waals surface area contributed by atoms with E-state index >= 15 is 0 Å². The fourth-order valence-electron chi connectivity index (χ4n) is 2.47. The second-order valence-electron chi connectivity index (χ2n) is 5.39. The summed E-state index contributed by atoms with van der Waals surface area (Å²) in [5.41, 5.74) is 0.171. The summed E-state index contributed by atoms with van der Waals surface area (Å²) < 4.78 is 50.5. The summed E-state index contributed by atoms with van der Waals surface area (Å²) in [4.78, 5) is 0. The summed E-state index contributed by atoms with van der Waals surface area (Å²) in [6.07, 6.45) is -3.08. The first kappa shape index (κ1) is 15.7. The number of ether oxygens (including phenoxy) is 2. The van der Waals surface area contributed by atoms with Gasteiger partial charge in [-0.05, 0) is 24.6 Å². The van der Waals surface area contributed by atoms with Gasteiger partial charge in [-0.15, -0.1) is 0 Å². The van der Waals surface area contributed by atoms with Crippen molar-refractivity contribution >= 4 is 0 Å². The molecule has 3 rings (SSSR count). The minimum absolute atomic E-state index is 0.0677. The van der Waals surface area contributed by atoms with Crippen molar-refractivity contribution in [3.05, 3.63) is 41.2 Å². The van der Waals surface area contributed by atoms with Crippen LogP contribution in [0.1, 0.15) is 29.8 Å². The van der Waals surface area contributed by atoms with Crippen LogP contribution in [0.3, 0.4) is 0 Å². The number of aromatic nitrogens is 2. The predicted molar refractivity (Wildman–Crippen MR) is 76.0 cm³/mol. The highest BCUT2D eigenvalue weighted by Crippen LogP contribution is 2.34. The number of benzene rings is 1. The summed E-state index contributed by atoms with van der Waals surface area (Å²) in [5.74, 6) is 1.32. The van der Waals surface area contributed by atoms with E-state index in [-0.39, 0.29) is 24.9 Å². The Kier molecular flexibility index (Phi) is 3.93. The van der Waals surface area contributed by atoms with Gasteiger partial charge in [0.1, 0.15) is 0 Å². The quantitative estimate of drug-likeness (QED) is 0.938. The van der Waals surface area contributed by atoms with Crippen LogP contribution in [0.2, 0.25) is 0 Å². The lowest BCUT2D eigenvalue weighted by atomic mass is 10.1. The van der Waals surface area contributed by atoms with Crippen molar-refractivity contribution in [1.82, 2.24) is 15.1 Å². The van der Waals surface area contributed by atoms with Crippen molar-refractivity contribution < 1.29 is 22.6 Å². The van der Waals surface area contributed by atoms with Crippen LogP contribution in [-0.4, -0.2) is 16.6 Å². The van der Waals surface area contributed by atoms with E-state index in [0.29, 0.717) is 11.5 Å². The Morgan fingerprint density at radius 3 is 2.78 bits per heavy atom. The van der Waals surface area contributed by atoms with Crippen LogP contribution in [-0.2, 0) is 19.8 Å². The van der Waals surface area contributed by atoms with Gasteiger partial charge in [0, 0.05) is 31.4 Å². The minimum atomic E-state index is -4.46. The number of alkyl halides is 3. The normalized spacial score (nSPS) is 15.0. The Balaban J connectivity index is 1.71. The zero-order valence-corrected chi connectivity index (χ0v) is 12.6. The van der Waals surface area contributed by atoms with E-state index in [1.165, 1.54) is 17.9 Å². The van der Waals surface area contributed by atoms with Gasteiger partial charge in [-0.3, -0.25) is 4.68 Å². The largest absolute Gasteiger partial charge is 0.454 e. The number of nitrogens with one attached hydrogen (secondary N) is 1. The van der Waals surface area contributed by atoms with Gasteiger partial charge in [-0.1, -0.05) is 6.07 Å². The zero-order chi connectivity index (χ0) is 16.6. The van der Waals surface area contributed by atoms with Crippen LogP contribution in [0.4, 0.5) is 13.2 Å². The molecule has 2 aromatic rings. The third-order valence-electron chi connectivity index (χ3n) is 3.67. The van der Waals surface area contributed by atoms with Gasteiger partial charge in [0.05, 0.1) is 0 Å². The number of hydrogen-bond donors (Lipinski definition) is 1. The lowest BCUT2D eigenvalue weighted by Crippen LogP contribution is -2.20. The molecule has 1 aromatic carbocycles. The van der Waals surface area contributed by atoms with E-state index < -0.39 is 11.9 Å². The van der Waals surface area contributed by atoms with E-state index in [2.05, 4.69) is 10.4 Å². The molecule has 0 saturated heterocycles. The van der Waals surface area contributed by atoms with Crippen molar-refractivity contribution in [2.24, 2.45) is 7.05 Å². The number of nitrogens with zero attached hydrogens (tertiary/aromatic N) is 2. The van der Waals surface area contributed by atoms with E-state index in [4.69, 9.17) is 9.47 Å². The highest BCUT2D eigenvalue weighted by molar-refractivity contribution is 5.45. The Morgan fingerprint density at radius 1 is 1.30 bits per heavy atom. The molecule has 0 fully saturated rings. The van der Waals surface area contributed by atoms with Crippen LogP contribution in [0.5, 0.6) is 11.5 Å². The molecule has 0 spiro atoms. The summed E-state index contributed by atoms with van der Waals surface area (Å²) in [6.45, 7) is 2.13. The fraction of sp³-hybridized carbons (Fsp3) is 0.400. The SMILES string of the molecule is CC(NCc1cn(C)nc1C(F)(F)F)c1ccc2c(c1)OCO2. The van der Waals surface area contributed by atoms with Gasteiger partial charge < -0.3 is 14.8 Å². The van der Waals surface area contributed by atoms with Gasteiger partial charge in [0.15, 0.2) is 17.2 Å². The molecule has 0 amide bonds. The standard InChI is InChI=1S/C15H16F3N3O2/c1-9(10-3-4-12-13(5-10)23-8-22-12)19-6-11-7-21(2)20-14(11)15(16,17)18/h3-5,7,9,19H,6,8H2,1-2H3. The number of hydrogen-bond acceptors (Lipinski definition) is 4. The molecule has 1 atom stereocenters. The number of rotatable bonds is 4. The van der Waals surface area contributed by atoms with Crippen molar-refractivity contribution in [1.29, 1.82) is 0 Å². The number of aryl methyl sites for hydroxylation is 1. The average Bonchev–Trinajstić information content (AvgIpc) is 3.09. The molecule has 124 valence electrons. The molecule has 0 radical (unpaired) electrons. The zero-order valence-electron chi connectivity index (χ0n) is 12.6. The maximum atomic E-state index is 12.9. The third kappa shape index (κ3) is 3.26. The first-order valence-corrected chi connectivity index (χ1v) is 7.07. The van der Waals surface area contributed by atoms with Crippen LogP contribution >= 0.6 is 0 Å². The summed E-state index contributed by atoms with van der Waals surface area (Å²) in [5, 5.41) is 6.58. The van der Waals surface area contributed by atoms with Gasteiger partial charge in [-0.2, -0.15) is 18.3 Å². The van der Waals surface area contributed by atoms with Crippen LogP contribution in [0.25, 0.3) is 0 Å². The topological polar surface area (TPSA) is 48.3 Å². The second kappa shape index (κ2) is 5.77. The predicted octanol–water partition coefficient (Wildman–Crippen LogP) is 3.02. The Labute approximate surface area is 131 Å². The lowest BCUT2D eigenvalue weighted by Gasteiger charge is -2.15. The lowest BCUT2D eigenvalue weighted by molar-refractivity contribution is -0.142. The number of fused-ring (bicyclic) bond motifs is 1. The molecular formula is C15H16F3N3O2. The Morgan fingerprint density at radius 2 is 2.04 bits per heavy atom. The van der Waals surface area contributed by atoms with Gasteiger partial charge in [0.25, 0.3) is 0 Å². The van der Waals surface area contributed by atoms with Crippen molar-refractivity contribution in [3.63, 3.8) is 0 Å². The molecule has 1 aliphatic heterocycles. The molecule has 23 heavy (non-hydrogen) atoms. The average molecular weight is 327 g/mol. The summed E-state index contributed by atoms with van der Waals surface area (Å²) in [7, 11) is 1.47. The third-order valence-corrected chi connectivity index (χ3v) is 3.67. The molecule has 5 nitrogen and oxygen atoms in total. The minimum Gasteiger partial charge on any atom is -0.454 e. The maximum absolute atomic E-state index is 12.9. The first-order chi connectivity index (χ1) is 10.8. The van der Waals surface area contributed by atoms with Crippen molar-refractivity contribution in [2.45, 2.75) is 25.7 Å². The Bertz CT molecular complexity index is 712. The molecule has 1 unspecified atom stereocenters. The molecule has 1 aromatic heterocycles. The summed E-state index contributed by atoms with van der Waals surface area (Å²) in [6, 6.07) is 5.33. The second-order valence-corrected chi connectivity index (χ2v) is 5.39. The highest BCUT2D eigenvalue weighted by Gasteiger charge is 2.36. The van der Waals surface area contributed by atoms with Crippen LogP contribution in [0, 0.1) is 0 Å². The maximum Gasteiger partial charge on any atom is 0.435 e. The van der Waals surface area contributed by atoms with E-state index in [0.717, 1.165) is 5.56 Å². The molecule has 1 aliphatic rings. The van der Waals surface area contributed by atoms with Crippen molar-refractivity contribution in [3.8, 4) is 11.5 Å². The molecule has 0 bridgehead atoms. The highest BCUT2D eigenvalue weighted by atomic mass is 19.4.